The average Bonchev–Trinajstić information content (AvgIpc) is 2.20. The van der Waals surface area contributed by atoms with E-state index in [1.54, 1.807) is 0 Å². The average molecular weight is 160 g/mol. The molecule has 10 heavy (non-hydrogen) atoms. The second-order valence-electron chi connectivity index (χ2n) is 3.46. The largest absolute Gasteiger partial charge is 0.301 e. The number of nitrogens with zero attached hydrogens (tertiary/aromatic N) is 1. The van der Waals surface area contributed by atoms with Crippen LogP contribution in [0.3, 0.4) is 0 Å². The van der Waals surface area contributed by atoms with Gasteiger partial charge in [0.1, 0.15) is 0 Å². The van der Waals surface area contributed by atoms with Crippen molar-refractivity contribution >= 4 is 9.39 Å². The second kappa shape index (κ2) is 2.15. The van der Waals surface area contributed by atoms with Gasteiger partial charge in [-0.1, -0.05) is 9.39 Å². The van der Waals surface area contributed by atoms with Gasteiger partial charge in [-0.25, -0.2) is 0 Å². The second-order valence-corrected chi connectivity index (χ2v) is 4.19. The molecule has 2 heterocycles. The van der Waals surface area contributed by atoms with Crippen LogP contribution in [0.2, 0.25) is 0 Å². The summed E-state index contributed by atoms with van der Waals surface area (Å²) in [5, 5.41) is 0. The molecule has 0 spiro atoms. The van der Waals surface area contributed by atoms with Crippen LogP contribution < -0.4 is 5.48 Å². The van der Waals surface area contributed by atoms with Gasteiger partial charge in [0.25, 0.3) is 0 Å². The van der Waals surface area contributed by atoms with Crippen LogP contribution in [0, 0.1) is 5.92 Å². The number of nitrogens with one attached hydrogen (secondary N) is 1. The lowest BCUT2D eigenvalue weighted by atomic mass is 9.92. The van der Waals surface area contributed by atoms with Gasteiger partial charge in [0.15, 0.2) is 0 Å². The van der Waals surface area contributed by atoms with E-state index in [1.807, 2.05) is 0 Å². The Kier molecular flexibility index (Phi) is 1.50. The Morgan fingerprint density at radius 2 is 2.60 bits per heavy atom. The highest BCUT2D eigenvalue weighted by molar-refractivity contribution is 7.13. The summed E-state index contributed by atoms with van der Waals surface area (Å²) >= 11 is 0. The van der Waals surface area contributed by atoms with Crippen molar-refractivity contribution in [3.8, 4) is 0 Å². The van der Waals surface area contributed by atoms with E-state index >= 15 is 0 Å². The first kappa shape index (κ1) is 6.99. The van der Waals surface area contributed by atoms with Crippen LogP contribution in [0.5, 0.6) is 0 Å². The molecule has 0 aromatic rings. The summed E-state index contributed by atoms with van der Waals surface area (Å²) in [5.41, 5.74) is 3.28. The standard InChI is InChI=1S/C6H13N2OP/c1-6-4-8(10)2-5(6)3-9-7-6/h5,7H,2-4,10H2,1H3/t5-,6-/m0/s1. The maximum Gasteiger partial charge on any atom is 0.0741 e. The van der Waals surface area contributed by atoms with Crippen LogP contribution in [0.1, 0.15) is 6.92 Å². The van der Waals surface area contributed by atoms with E-state index < -0.39 is 0 Å². The van der Waals surface area contributed by atoms with Gasteiger partial charge in [-0.3, -0.25) is 4.67 Å². The molecule has 2 aliphatic heterocycles. The summed E-state index contributed by atoms with van der Waals surface area (Å²) in [7, 11) is 2.74. The van der Waals surface area contributed by atoms with E-state index in [9.17, 15) is 0 Å². The quantitative estimate of drug-likeness (QED) is 0.505. The van der Waals surface area contributed by atoms with Gasteiger partial charge in [-0.2, -0.15) is 5.48 Å². The topological polar surface area (TPSA) is 24.5 Å². The van der Waals surface area contributed by atoms with Gasteiger partial charge in [0.05, 0.1) is 12.1 Å². The van der Waals surface area contributed by atoms with E-state index in [-0.39, 0.29) is 5.54 Å². The van der Waals surface area contributed by atoms with Crippen LogP contribution in [0.4, 0.5) is 0 Å². The fraction of sp³-hybridized carbons (Fsp3) is 1.00. The minimum Gasteiger partial charge on any atom is -0.301 e. The molecule has 1 unspecified atom stereocenters. The van der Waals surface area contributed by atoms with Crippen molar-refractivity contribution in [3.63, 3.8) is 0 Å². The minimum absolute atomic E-state index is 0.210. The zero-order chi connectivity index (χ0) is 7.19. The minimum atomic E-state index is 0.210. The summed E-state index contributed by atoms with van der Waals surface area (Å²) in [6.07, 6.45) is 0. The number of hydrogen-bond acceptors (Lipinski definition) is 3. The first-order valence-corrected chi connectivity index (χ1v) is 4.11. The van der Waals surface area contributed by atoms with Gasteiger partial charge >= 0.3 is 0 Å². The Morgan fingerprint density at radius 3 is 3.30 bits per heavy atom. The van der Waals surface area contributed by atoms with E-state index in [0.29, 0.717) is 5.92 Å². The Bertz CT molecular complexity index is 155. The Balaban J connectivity index is 2.15. The van der Waals surface area contributed by atoms with Crippen molar-refractivity contribution in [3.05, 3.63) is 0 Å². The van der Waals surface area contributed by atoms with Gasteiger partial charge in [-0.15, -0.1) is 0 Å². The highest BCUT2D eigenvalue weighted by atomic mass is 31.0. The summed E-state index contributed by atoms with van der Waals surface area (Å²) in [6, 6.07) is 0. The van der Waals surface area contributed by atoms with Gasteiger partial charge in [0, 0.05) is 19.0 Å². The normalized spacial score (nSPS) is 48.0. The molecule has 2 fully saturated rings. The molecule has 0 aromatic carbocycles. The van der Waals surface area contributed by atoms with E-state index in [4.69, 9.17) is 4.84 Å². The van der Waals surface area contributed by atoms with Crippen molar-refractivity contribution in [2.24, 2.45) is 5.92 Å². The molecule has 3 atom stereocenters. The van der Waals surface area contributed by atoms with Crippen LogP contribution in [0.25, 0.3) is 0 Å². The predicted octanol–water partition coefficient (Wildman–Crippen LogP) is 0.00180. The van der Waals surface area contributed by atoms with Crippen molar-refractivity contribution < 1.29 is 4.84 Å². The number of hydroxylamine groups is 1. The predicted molar refractivity (Wildman–Crippen MR) is 42.3 cm³/mol. The first-order chi connectivity index (χ1) is 4.71. The molecule has 2 aliphatic rings. The van der Waals surface area contributed by atoms with Gasteiger partial charge < -0.3 is 4.84 Å². The molecular weight excluding hydrogens is 147 g/mol. The van der Waals surface area contributed by atoms with E-state index in [0.717, 1.165) is 19.7 Å². The maximum absolute atomic E-state index is 5.18. The van der Waals surface area contributed by atoms with Crippen LogP contribution in [-0.2, 0) is 4.84 Å². The number of fused-ring (bicyclic) bond motifs is 1. The molecule has 2 rings (SSSR count). The molecular formula is C6H13N2OP. The third-order valence-corrected chi connectivity index (χ3v) is 2.87. The third-order valence-electron chi connectivity index (χ3n) is 2.48. The molecule has 0 bridgehead atoms. The molecule has 0 aliphatic carbocycles. The van der Waals surface area contributed by atoms with E-state index in [2.05, 4.69) is 26.5 Å². The molecule has 58 valence electrons. The molecule has 2 saturated heterocycles. The zero-order valence-electron chi connectivity index (χ0n) is 6.13. The molecule has 4 heteroatoms. The molecule has 0 radical (unpaired) electrons. The first-order valence-electron chi connectivity index (χ1n) is 3.59. The lowest BCUT2D eigenvalue weighted by Crippen LogP contribution is -2.41. The summed E-state index contributed by atoms with van der Waals surface area (Å²) in [5.74, 6) is 0.671. The lowest BCUT2D eigenvalue weighted by Gasteiger charge is -2.20. The molecule has 0 saturated carbocycles. The SMILES string of the molecule is C[C@]12CN(P)C[C@H]1CON2. The smallest absolute Gasteiger partial charge is 0.0741 e. The maximum atomic E-state index is 5.18. The fourth-order valence-corrected chi connectivity index (χ4v) is 2.39. The number of rotatable bonds is 0. The van der Waals surface area contributed by atoms with Crippen molar-refractivity contribution in [1.29, 1.82) is 0 Å². The number of hydrogen-bond donors (Lipinski definition) is 1. The molecule has 3 nitrogen and oxygen atoms in total. The summed E-state index contributed by atoms with van der Waals surface area (Å²) in [4.78, 5) is 5.18. The highest BCUT2D eigenvalue weighted by Gasteiger charge is 2.46. The van der Waals surface area contributed by atoms with Crippen molar-refractivity contribution in [1.82, 2.24) is 10.2 Å². The third kappa shape index (κ3) is 0.892. The van der Waals surface area contributed by atoms with E-state index in [1.165, 1.54) is 0 Å². The molecule has 1 N–H and O–H groups in total. The zero-order valence-corrected chi connectivity index (χ0v) is 7.29. The van der Waals surface area contributed by atoms with Crippen LogP contribution >= 0.6 is 9.39 Å². The molecule has 0 amide bonds. The van der Waals surface area contributed by atoms with Crippen LogP contribution in [0.15, 0.2) is 0 Å². The summed E-state index contributed by atoms with van der Waals surface area (Å²) < 4.78 is 2.26. The van der Waals surface area contributed by atoms with Gasteiger partial charge in [0.2, 0.25) is 0 Å². The van der Waals surface area contributed by atoms with Crippen molar-refractivity contribution in [2.75, 3.05) is 19.7 Å². The van der Waals surface area contributed by atoms with Crippen molar-refractivity contribution in [2.45, 2.75) is 12.5 Å². The Morgan fingerprint density at radius 1 is 1.80 bits per heavy atom. The monoisotopic (exact) mass is 160 g/mol. The molecule has 0 aromatic heterocycles. The highest BCUT2D eigenvalue weighted by Crippen LogP contribution is 2.33. The Hall–Kier alpha value is 0.310. The Labute approximate surface area is 63.3 Å². The van der Waals surface area contributed by atoms with Crippen LogP contribution in [-0.4, -0.2) is 29.9 Å². The van der Waals surface area contributed by atoms with Gasteiger partial charge in [-0.05, 0) is 6.92 Å². The lowest BCUT2D eigenvalue weighted by molar-refractivity contribution is 0.0604. The summed E-state index contributed by atoms with van der Waals surface area (Å²) in [6.45, 7) is 5.28. The fourth-order valence-electron chi connectivity index (χ4n) is 1.76.